The Hall–Kier alpha value is -1.61. The van der Waals surface area contributed by atoms with E-state index in [1.165, 1.54) is 11.2 Å². The minimum Gasteiger partial charge on any atom is -0.340 e. The molecule has 0 N–H and O–H groups in total. The Kier molecular flexibility index (Phi) is 2.52. The second-order valence-corrected chi connectivity index (χ2v) is 5.40. The van der Waals surface area contributed by atoms with E-state index >= 15 is 0 Å². The van der Waals surface area contributed by atoms with Crippen LogP contribution in [0.1, 0.15) is 35.9 Å². The molecule has 0 atom stereocenters. The molecule has 0 bridgehead atoms. The van der Waals surface area contributed by atoms with Gasteiger partial charge in [0, 0.05) is 34.7 Å². The zero-order chi connectivity index (χ0) is 12.9. The Labute approximate surface area is 107 Å². The highest BCUT2D eigenvalue weighted by Gasteiger charge is 2.28. The summed E-state index contributed by atoms with van der Waals surface area (Å²) in [6, 6.07) is 8.61. The van der Waals surface area contributed by atoms with Crippen LogP contribution in [0.4, 0.5) is 0 Å². The number of Topliss-reactive ketones (excluding diaryl/α,β-unsaturated/α-hetero) is 1. The molecule has 0 saturated carbocycles. The van der Waals surface area contributed by atoms with Crippen molar-refractivity contribution in [1.29, 1.82) is 0 Å². The number of rotatable bonds is 1. The van der Waals surface area contributed by atoms with Crippen molar-refractivity contribution in [3.8, 4) is 0 Å². The number of hydrogen-bond acceptors (Lipinski definition) is 2. The first-order valence-electron chi connectivity index (χ1n) is 6.43. The van der Waals surface area contributed by atoms with E-state index in [-0.39, 0.29) is 5.78 Å². The standard InChI is InChI=1S/C15H18N2O/c1-10(2)17-12-7-5-4-6-11(12)15-13(17)8-16(3)9-14(15)18/h4-7,10H,8-9H2,1-3H3. The molecule has 0 saturated heterocycles. The summed E-state index contributed by atoms with van der Waals surface area (Å²) in [7, 11) is 2.00. The van der Waals surface area contributed by atoms with Gasteiger partial charge in [-0.15, -0.1) is 0 Å². The molecule has 1 aliphatic rings. The van der Waals surface area contributed by atoms with Gasteiger partial charge in [0.2, 0.25) is 0 Å². The molecule has 3 rings (SSSR count). The molecule has 94 valence electrons. The third-order valence-corrected chi connectivity index (χ3v) is 3.64. The smallest absolute Gasteiger partial charge is 0.179 e. The predicted molar refractivity (Wildman–Crippen MR) is 73.0 cm³/mol. The average molecular weight is 242 g/mol. The summed E-state index contributed by atoms with van der Waals surface area (Å²) < 4.78 is 2.30. The summed E-state index contributed by atoms with van der Waals surface area (Å²) in [6.07, 6.45) is 0. The van der Waals surface area contributed by atoms with Gasteiger partial charge in [-0.1, -0.05) is 18.2 Å². The Bertz CT molecular complexity index is 625. The van der Waals surface area contributed by atoms with Crippen LogP contribution in [0.25, 0.3) is 10.9 Å². The van der Waals surface area contributed by atoms with E-state index in [1.54, 1.807) is 0 Å². The van der Waals surface area contributed by atoms with Gasteiger partial charge in [-0.3, -0.25) is 9.69 Å². The molecule has 1 aromatic carbocycles. The third kappa shape index (κ3) is 1.51. The van der Waals surface area contributed by atoms with E-state index in [4.69, 9.17) is 0 Å². The normalized spacial score (nSPS) is 16.6. The number of ketones is 1. The predicted octanol–water partition coefficient (Wildman–Crippen LogP) is 2.85. The molecule has 2 aromatic rings. The maximum absolute atomic E-state index is 12.3. The van der Waals surface area contributed by atoms with Crippen LogP contribution >= 0.6 is 0 Å². The lowest BCUT2D eigenvalue weighted by Gasteiger charge is -2.24. The van der Waals surface area contributed by atoms with Gasteiger partial charge in [0.1, 0.15) is 0 Å². The Morgan fingerprint density at radius 3 is 2.61 bits per heavy atom. The summed E-state index contributed by atoms with van der Waals surface area (Å²) in [5.74, 6) is 0.245. The molecule has 0 radical (unpaired) electrons. The highest BCUT2D eigenvalue weighted by atomic mass is 16.1. The van der Waals surface area contributed by atoms with Gasteiger partial charge < -0.3 is 4.57 Å². The maximum atomic E-state index is 12.3. The van der Waals surface area contributed by atoms with Crippen LogP contribution in [0.15, 0.2) is 24.3 Å². The van der Waals surface area contributed by atoms with E-state index in [9.17, 15) is 4.79 Å². The summed E-state index contributed by atoms with van der Waals surface area (Å²) in [6.45, 7) is 5.73. The summed E-state index contributed by atoms with van der Waals surface area (Å²) in [4.78, 5) is 14.4. The van der Waals surface area contributed by atoms with Crippen molar-refractivity contribution in [2.75, 3.05) is 13.6 Å². The molecule has 1 aromatic heterocycles. The van der Waals surface area contributed by atoms with Crippen molar-refractivity contribution >= 4 is 16.7 Å². The van der Waals surface area contributed by atoms with Crippen LogP contribution in [-0.2, 0) is 6.54 Å². The lowest BCUT2D eigenvalue weighted by Crippen LogP contribution is -2.32. The quantitative estimate of drug-likeness (QED) is 0.768. The fourth-order valence-electron chi connectivity index (χ4n) is 3.01. The average Bonchev–Trinajstić information content (AvgIpc) is 2.62. The molecule has 18 heavy (non-hydrogen) atoms. The van der Waals surface area contributed by atoms with Crippen LogP contribution in [0.5, 0.6) is 0 Å². The largest absolute Gasteiger partial charge is 0.340 e. The van der Waals surface area contributed by atoms with Crippen LogP contribution < -0.4 is 0 Å². The van der Waals surface area contributed by atoms with Crippen LogP contribution in [0.2, 0.25) is 0 Å². The molecule has 0 spiro atoms. The number of para-hydroxylation sites is 1. The van der Waals surface area contributed by atoms with Gasteiger partial charge in [-0.05, 0) is 27.0 Å². The number of aromatic nitrogens is 1. The number of benzene rings is 1. The minimum absolute atomic E-state index is 0.245. The monoisotopic (exact) mass is 242 g/mol. The van der Waals surface area contributed by atoms with Crippen LogP contribution in [0, 0.1) is 0 Å². The lowest BCUT2D eigenvalue weighted by atomic mass is 10.0. The molecule has 0 unspecified atom stereocenters. The molecule has 0 fully saturated rings. The van der Waals surface area contributed by atoms with Gasteiger partial charge >= 0.3 is 0 Å². The number of carbonyl (C=O) groups is 1. The molecular formula is C15H18N2O. The molecule has 3 heteroatoms. The van der Waals surface area contributed by atoms with E-state index < -0.39 is 0 Å². The van der Waals surface area contributed by atoms with Gasteiger partial charge in [0.25, 0.3) is 0 Å². The second kappa shape index (κ2) is 3.95. The SMILES string of the molecule is CC(C)n1c2c(c3ccccc31)C(=O)CN(C)C2. The number of likely N-dealkylation sites (N-methyl/N-ethyl adjacent to an activating group) is 1. The lowest BCUT2D eigenvalue weighted by molar-refractivity contribution is 0.0921. The van der Waals surface area contributed by atoms with Crippen molar-refractivity contribution in [2.24, 2.45) is 0 Å². The molecule has 0 aliphatic carbocycles. The van der Waals surface area contributed by atoms with Crippen LogP contribution in [0.3, 0.4) is 0 Å². The highest BCUT2D eigenvalue weighted by Crippen LogP contribution is 2.32. The van der Waals surface area contributed by atoms with E-state index in [0.717, 1.165) is 17.5 Å². The Morgan fingerprint density at radius 1 is 1.17 bits per heavy atom. The van der Waals surface area contributed by atoms with Gasteiger partial charge in [0.15, 0.2) is 5.78 Å². The first kappa shape index (κ1) is 11.5. The summed E-state index contributed by atoms with van der Waals surface area (Å²) in [5.41, 5.74) is 3.29. The van der Waals surface area contributed by atoms with Crippen molar-refractivity contribution in [1.82, 2.24) is 9.47 Å². The van der Waals surface area contributed by atoms with Crippen molar-refractivity contribution in [2.45, 2.75) is 26.4 Å². The zero-order valence-electron chi connectivity index (χ0n) is 11.1. The molecule has 0 amide bonds. The fourth-order valence-corrected chi connectivity index (χ4v) is 3.01. The van der Waals surface area contributed by atoms with Gasteiger partial charge in [0.05, 0.1) is 6.54 Å². The second-order valence-electron chi connectivity index (χ2n) is 5.40. The van der Waals surface area contributed by atoms with Crippen LogP contribution in [-0.4, -0.2) is 28.8 Å². The number of nitrogens with zero attached hydrogens (tertiary/aromatic N) is 2. The fraction of sp³-hybridized carbons (Fsp3) is 0.400. The van der Waals surface area contributed by atoms with E-state index in [0.29, 0.717) is 12.6 Å². The minimum atomic E-state index is 0.245. The molecular weight excluding hydrogens is 224 g/mol. The number of fused-ring (bicyclic) bond motifs is 3. The first-order valence-corrected chi connectivity index (χ1v) is 6.43. The zero-order valence-corrected chi connectivity index (χ0v) is 11.1. The van der Waals surface area contributed by atoms with Gasteiger partial charge in [-0.2, -0.15) is 0 Å². The van der Waals surface area contributed by atoms with Gasteiger partial charge in [-0.25, -0.2) is 0 Å². The Morgan fingerprint density at radius 2 is 1.89 bits per heavy atom. The molecule has 1 aliphatic heterocycles. The summed E-state index contributed by atoms with van der Waals surface area (Å²) in [5, 5.41) is 1.11. The number of carbonyl (C=O) groups excluding carboxylic acids is 1. The van der Waals surface area contributed by atoms with Crippen molar-refractivity contribution in [3.63, 3.8) is 0 Å². The van der Waals surface area contributed by atoms with E-state index in [1.807, 2.05) is 19.2 Å². The van der Waals surface area contributed by atoms with Crippen molar-refractivity contribution in [3.05, 3.63) is 35.5 Å². The molecule has 2 heterocycles. The highest BCUT2D eigenvalue weighted by molar-refractivity contribution is 6.11. The summed E-state index contributed by atoms with van der Waals surface area (Å²) >= 11 is 0. The van der Waals surface area contributed by atoms with Crippen molar-refractivity contribution < 1.29 is 4.79 Å². The number of hydrogen-bond donors (Lipinski definition) is 0. The Balaban J connectivity index is 2.39. The first-order chi connectivity index (χ1) is 8.59. The third-order valence-electron chi connectivity index (χ3n) is 3.64. The van der Waals surface area contributed by atoms with E-state index in [2.05, 4.69) is 35.4 Å². The topological polar surface area (TPSA) is 25.2 Å². The maximum Gasteiger partial charge on any atom is 0.179 e. The molecule has 3 nitrogen and oxygen atoms in total.